The second kappa shape index (κ2) is 5.52. The lowest BCUT2D eigenvalue weighted by Gasteiger charge is -2.26. The molecular weight excluding hydrogens is 252 g/mol. The van der Waals surface area contributed by atoms with Crippen molar-refractivity contribution in [2.24, 2.45) is 16.9 Å². The molecule has 2 rings (SSSR count). The minimum Gasteiger partial charge on any atom is -0.275 e. The van der Waals surface area contributed by atoms with Gasteiger partial charge in [0.2, 0.25) is 0 Å². The third-order valence-corrected chi connectivity index (χ3v) is 3.76. The molecule has 1 fully saturated rings. The Kier molecular flexibility index (Phi) is 4.01. The molecule has 1 heterocycles. The van der Waals surface area contributed by atoms with Gasteiger partial charge in [0, 0.05) is 5.71 Å². The SMILES string of the molecule is C[C@@H]1CCC[C@@H](C)C1=NNc1cn[nH]c(=O)c1Cl. The summed E-state index contributed by atoms with van der Waals surface area (Å²) < 4.78 is 0. The number of halogens is 1. The zero-order valence-electron chi connectivity index (χ0n) is 10.5. The monoisotopic (exact) mass is 268 g/mol. The molecule has 1 aliphatic rings. The van der Waals surface area contributed by atoms with Crippen molar-refractivity contribution < 1.29 is 0 Å². The fraction of sp³-hybridized carbons (Fsp3) is 0.583. The van der Waals surface area contributed by atoms with Gasteiger partial charge >= 0.3 is 0 Å². The van der Waals surface area contributed by atoms with E-state index in [1.165, 1.54) is 12.6 Å². The molecule has 5 nitrogen and oxygen atoms in total. The third kappa shape index (κ3) is 2.72. The van der Waals surface area contributed by atoms with E-state index in [0.717, 1.165) is 18.6 Å². The van der Waals surface area contributed by atoms with Crippen LogP contribution in [0.4, 0.5) is 5.69 Å². The summed E-state index contributed by atoms with van der Waals surface area (Å²) in [7, 11) is 0. The van der Waals surface area contributed by atoms with Crippen LogP contribution in [0.15, 0.2) is 16.1 Å². The fourth-order valence-electron chi connectivity index (χ4n) is 2.32. The van der Waals surface area contributed by atoms with Crippen LogP contribution in [0.25, 0.3) is 0 Å². The summed E-state index contributed by atoms with van der Waals surface area (Å²) >= 11 is 5.87. The molecule has 98 valence electrons. The zero-order chi connectivity index (χ0) is 13.1. The topological polar surface area (TPSA) is 70.1 Å². The first-order valence-corrected chi connectivity index (χ1v) is 6.54. The third-order valence-electron chi connectivity index (χ3n) is 3.39. The second-order valence-electron chi connectivity index (χ2n) is 4.81. The van der Waals surface area contributed by atoms with Gasteiger partial charge in [0.15, 0.2) is 0 Å². The van der Waals surface area contributed by atoms with Crippen LogP contribution in [0.2, 0.25) is 5.02 Å². The maximum absolute atomic E-state index is 11.3. The Morgan fingerprint density at radius 3 is 2.78 bits per heavy atom. The average molecular weight is 269 g/mol. The van der Waals surface area contributed by atoms with E-state index in [0.29, 0.717) is 17.5 Å². The Morgan fingerprint density at radius 1 is 1.44 bits per heavy atom. The van der Waals surface area contributed by atoms with E-state index >= 15 is 0 Å². The van der Waals surface area contributed by atoms with E-state index in [1.54, 1.807) is 0 Å². The molecule has 2 N–H and O–H groups in total. The van der Waals surface area contributed by atoms with Crippen molar-refractivity contribution >= 4 is 23.0 Å². The number of hydrogen-bond acceptors (Lipinski definition) is 4. The van der Waals surface area contributed by atoms with Crippen molar-refractivity contribution in [1.29, 1.82) is 0 Å². The molecular formula is C12H17ClN4O. The molecule has 1 saturated carbocycles. The molecule has 1 aliphatic carbocycles. The summed E-state index contributed by atoms with van der Waals surface area (Å²) in [4.78, 5) is 11.3. The molecule has 0 aromatic carbocycles. The molecule has 0 unspecified atom stereocenters. The van der Waals surface area contributed by atoms with Crippen LogP contribution in [-0.2, 0) is 0 Å². The van der Waals surface area contributed by atoms with Gasteiger partial charge in [0.25, 0.3) is 5.56 Å². The van der Waals surface area contributed by atoms with Crippen molar-refractivity contribution in [3.05, 3.63) is 21.6 Å². The summed E-state index contributed by atoms with van der Waals surface area (Å²) in [6, 6.07) is 0. The molecule has 18 heavy (non-hydrogen) atoms. The maximum Gasteiger partial charge on any atom is 0.285 e. The molecule has 6 heteroatoms. The molecule has 2 atom stereocenters. The zero-order valence-corrected chi connectivity index (χ0v) is 11.3. The van der Waals surface area contributed by atoms with Crippen LogP contribution in [0, 0.1) is 11.8 Å². The highest BCUT2D eigenvalue weighted by Gasteiger charge is 2.22. The Balaban J connectivity index is 2.19. The summed E-state index contributed by atoms with van der Waals surface area (Å²) in [5.41, 5.74) is 4.03. The lowest BCUT2D eigenvalue weighted by atomic mass is 9.81. The first-order chi connectivity index (χ1) is 8.59. The number of rotatable bonds is 2. The number of H-pyrrole nitrogens is 1. The highest BCUT2D eigenvalue weighted by atomic mass is 35.5. The largest absolute Gasteiger partial charge is 0.285 e. The Labute approximate surface area is 111 Å². The lowest BCUT2D eigenvalue weighted by Crippen LogP contribution is -2.26. The molecule has 0 radical (unpaired) electrons. The van der Waals surface area contributed by atoms with Gasteiger partial charge in [0.05, 0.1) is 6.20 Å². The molecule has 0 bridgehead atoms. The molecule has 0 amide bonds. The minimum absolute atomic E-state index is 0.0884. The number of anilines is 1. The van der Waals surface area contributed by atoms with Gasteiger partial charge in [-0.05, 0) is 24.7 Å². The molecule has 0 saturated heterocycles. The smallest absolute Gasteiger partial charge is 0.275 e. The van der Waals surface area contributed by atoms with Gasteiger partial charge in [0.1, 0.15) is 10.7 Å². The van der Waals surface area contributed by atoms with E-state index in [9.17, 15) is 4.79 Å². The summed E-state index contributed by atoms with van der Waals surface area (Å²) in [6.07, 6.45) is 5.03. The van der Waals surface area contributed by atoms with Crippen molar-refractivity contribution in [1.82, 2.24) is 10.2 Å². The number of hydrogen-bond donors (Lipinski definition) is 2. The van der Waals surface area contributed by atoms with Crippen molar-refractivity contribution in [3.63, 3.8) is 0 Å². The van der Waals surface area contributed by atoms with Gasteiger partial charge in [-0.25, -0.2) is 5.10 Å². The van der Waals surface area contributed by atoms with Gasteiger partial charge < -0.3 is 0 Å². The number of aromatic amines is 1. The van der Waals surface area contributed by atoms with Crippen LogP contribution < -0.4 is 11.0 Å². The van der Waals surface area contributed by atoms with Gasteiger partial charge in [-0.1, -0.05) is 31.9 Å². The van der Waals surface area contributed by atoms with E-state index in [-0.39, 0.29) is 5.02 Å². The van der Waals surface area contributed by atoms with Crippen molar-refractivity contribution in [2.45, 2.75) is 33.1 Å². The molecule has 0 aliphatic heterocycles. The van der Waals surface area contributed by atoms with Crippen LogP contribution in [0.3, 0.4) is 0 Å². The maximum atomic E-state index is 11.3. The van der Waals surface area contributed by atoms with Gasteiger partial charge in [-0.3, -0.25) is 10.2 Å². The Morgan fingerprint density at radius 2 is 2.11 bits per heavy atom. The van der Waals surface area contributed by atoms with Gasteiger partial charge in [-0.2, -0.15) is 10.2 Å². The quantitative estimate of drug-likeness (QED) is 0.810. The Bertz CT molecular complexity index is 499. The number of nitrogens with zero attached hydrogens (tertiary/aromatic N) is 2. The summed E-state index contributed by atoms with van der Waals surface area (Å²) in [5, 5.41) is 10.5. The second-order valence-corrected chi connectivity index (χ2v) is 5.19. The van der Waals surface area contributed by atoms with Crippen LogP contribution in [-0.4, -0.2) is 15.9 Å². The number of aromatic nitrogens is 2. The van der Waals surface area contributed by atoms with E-state index in [1.807, 2.05) is 0 Å². The van der Waals surface area contributed by atoms with Crippen LogP contribution >= 0.6 is 11.6 Å². The molecule has 1 aromatic heterocycles. The first kappa shape index (κ1) is 13.1. The molecule has 0 spiro atoms. The fourth-order valence-corrected chi connectivity index (χ4v) is 2.45. The highest BCUT2D eigenvalue weighted by molar-refractivity contribution is 6.32. The highest BCUT2D eigenvalue weighted by Crippen LogP contribution is 2.26. The standard InChI is InChI=1S/C12H17ClN4O/c1-7-4-3-5-8(2)11(7)16-15-9-6-14-17-12(18)10(9)13/h6-8H,3-5H2,1-2H3,(H2,15,17,18)/t7-,8-/m1/s1. The predicted octanol–water partition coefficient (Wildman–Crippen LogP) is 2.65. The van der Waals surface area contributed by atoms with Crippen molar-refractivity contribution in [2.75, 3.05) is 5.43 Å². The van der Waals surface area contributed by atoms with Crippen molar-refractivity contribution in [3.8, 4) is 0 Å². The lowest BCUT2D eigenvalue weighted by molar-refractivity contribution is 0.486. The van der Waals surface area contributed by atoms with Crippen LogP contribution in [0.1, 0.15) is 33.1 Å². The van der Waals surface area contributed by atoms with E-state index < -0.39 is 5.56 Å². The molecule has 1 aromatic rings. The van der Waals surface area contributed by atoms with Gasteiger partial charge in [-0.15, -0.1) is 0 Å². The average Bonchev–Trinajstić information content (AvgIpc) is 2.33. The summed E-state index contributed by atoms with van der Waals surface area (Å²) in [5.74, 6) is 0.935. The van der Waals surface area contributed by atoms with E-state index in [2.05, 4.69) is 34.6 Å². The number of nitrogens with one attached hydrogen (secondary N) is 2. The predicted molar refractivity (Wildman–Crippen MR) is 73.1 cm³/mol. The van der Waals surface area contributed by atoms with Crippen LogP contribution in [0.5, 0.6) is 0 Å². The Hall–Kier alpha value is -1.36. The first-order valence-electron chi connectivity index (χ1n) is 6.16. The summed E-state index contributed by atoms with van der Waals surface area (Å²) in [6.45, 7) is 4.35. The number of hydrazone groups is 1. The minimum atomic E-state index is -0.411. The van der Waals surface area contributed by atoms with E-state index in [4.69, 9.17) is 11.6 Å². The normalized spacial score (nSPS) is 23.8.